The second-order valence-corrected chi connectivity index (χ2v) is 10.2. The number of fused-ring (bicyclic) bond motifs is 3. The minimum Gasteiger partial charge on any atom is -0.338 e. The Bertz CT molecular complexity index is 723. The predicted octanol–water partition coefficient (Wildman–Crippen LogP) is 4.39. The van der Waals surface area contributed by atoms with E-state index in [-0.39, 0.29) is 5.92 Å². The van der Waals surface area contributed by atoms with Gasteiger partial charge in [-0.25, -0.2) is 0 Å². The Morgan fingerprint density at radius 3 is 2.56 bits per heavy atom. The molecular formula is C23H29NO. The van der Waals surface area contributed by atoms with Crippen LogP contribution in [-0.2, 0) is 11.2 Å². The maximum absolute atomic E-state index is 13.4. The summed E-state index contributed by atoms with van der Waals surface area (Å²) in [6, 6.07) is 9.46. The molecule has 2 heteroatoms. The van der Waals surface area contributed by atoms with Gasteiger partial charge in [-0.2, -0.15) is 0 Å². The number of rotatable bonds is 1. The van der Waals surface area contributed by atoms with E-state index < -0.39 is 0 Å². The second kappa shape index (κ2) is 4.90. The van der Waals surface area contributed by atoms with Crippen molar-refractivity contribution in [1.29, 1.82) is 0 Å². The lowest BCUT2D eigenvalue weighted by atomic mass is 9.48. The smallest absolute Gasteiger partial charge is 0.226 e. The van der Waals surface area contributed by atoms with Crippen LogP contribution in [0.4, 0.5) is 0 Å². The van der Waals surface area contributed by atoms with E-state index in [2.05, 4.69) is 36.1 Å². The highest BCUT2D eigenvalue weighted by molar-refractivity contribution is 5.83. The third-order valence-corrected chi connectivity index (χ3v) is 8.55. The molecule has 4 saturated carbocycles. The van der Waals surface area contributed by atoms with Crippen LogP contribution in [0.5, 0.6) is 0 Å². The molecule has 0 aromatic heterocycles. The third-order valence-electron chi connectivity index (χ3n) is 8.55. The van der Waals surface area contributed by atoms with Crippen LogP contribution in [0.2, 0.25) is 0 Å². The number of hydrogen-bond donors (Lipinski definition) is 0. The van der Waals surface area contributed by atoms with Crippen molar-refractivity contribution in [3.8, 4) is 0 Å². The largest absolute Gasteiger partial charge is 0.338 e. The van der Waals surface area contributed by atoms with Gasteiger partial charge in [0.05, 0.1) is 0 Å². The molecule has 1 aromatic rings. The lowest BCUT2D eigenvalue weighted by Crippen LogP contribution is -2.59. The molecule has 132 valence electrons. The summed E-state index contributed by atoms with van der Waals surface area (Å²) in [5.74, 6) is 3.76. The van der Waals surface area contributed by atoms with Gasteiger partial charge in [0.1, 0.15) is 0 Å². The fraction of sp³-hybridized carbons (Fsp3) is 0.696. The van der Waals surface area contributed by atoms with Crippen molar-refractivity contribution in [3.63, 3.8) is 0 Å². The van der Waals surface area contributed by atoms with Crippen LogP contribution in [0.1, 0.15) is 62.5 Å². The van der Waals surface area contributed by atoms with Gasteiger partial charge < -0.3 is 4.90 Å². The first-order chi connectivity index (χ1) is 12.1. The Morgan fingerprint density at radius 1 is 1.04 bits per heavy atom. The zero-order valence-corrected chi connectivity index (χ0v) is 15.3. The molecule has 7 rings (SSSR count). The molecule has 0 N–H and O–H groups in total. The average molecular weight is 335 g/mol. The van der Waals surface area contributed by atoms with Crippen molar-refractivity contribution < 1.29 is 4.79 Å². The molecule has 5 aliphatic carbocycles. The molecule has 7 atom stereocenters. The van der Waals surface area contributed by atoms with Crippen molar-refractivity contribution in [2.24, 2.45) is 29.1 Å². The van der Waals surface area contributed by atoms with E-state index in [0.29, 0.717) is 23.3 Å². The molecular weight excluding hydrogens is 306 g/mol. The molecule has 1 aromatic carbocycles. The van der Waals surface area contributed by atoms with E-state index in [1.807, 2.05) is 0 Å². The lowest BCUT2D eigenvalue weighted by molar-refractivity contribution is -0.147. The maximum Gasteiger partial charge on any atom is 0.226 e. The van der Waals surface area contributed by atoms with Gasteiger partial charge in [-0.05, 0) is 79.2 Å². The number of carbonyl (C=O) groups excluding carboxylic acids is 1. The SMILES string of the molecule is CC12CC3C[C@H](C1)C(N1C[C@H]4c5ccccc5CC[C@H]4C1=O)[C@@H](C3)C2. The van der Waals surface area contributed by atoms with Gasteiger partial charge in [-0.1, -0.05) is 31.2 Å². The van der Waals surface area contributed by atoms with Gasteiger partial charge in [0.15, 0.2) is 0 Å². The molecule has 1 amide bonds. The van der Waals surface area contributed by atoms with Crippen LogP contribution in [-0.4, -0.2) is 23.4 Å². The number of likely N-dealkylation sites (tertiary alicyclic amines) is 1. The Labute approximate surface area is 151 Å². The van der Waals surface area contributed by atoms with Crippen LogP contribution in [0, 0.1) is 29.1 Å². The van der Waals surface area contributed by atoms with E-state index in [9.17, 15) is 4.79 Å². The minimum absolute atomic E-state index is 0.266. The summed E-state index contributed by atoms with van der Waals surface area (Å²) in [5, 5.41) is 0. The van der Waals surface area contributed by atoms with Crippen LogP contribution in [0.3, 0.4) is 0 Å². The number of benzene rings is 1. The maximum atomic E-state index is 13.4. The van der Waals surface area contributed by atoms with Gasteiger partial charge in [0.2, 0.25) is 5.91 Å². The van der Waals surface area contributed by atoms with E-state index in [1.54, 1.807) is 0 Å². The number of hydrogen-bond acceptors (Lipinski definition) is 1. The highest BCUT2D eigenvalue weighted by atomic mass is 16.2. The van der Waals surface area contributed by atoms with Crippen LogP contribution in [0.25, 0.3) is 0 Å². The Kier molecular flexibility index (Phi) is 2.90. The lowest BCUT2D eigenvalue weighted by Gasteiger charge is -2.60. The van der Waals surface area contributed by atoms with Gasteiger partial charge in [-0.3, -0.25) is 4.79 Å². The summed E-state index contributed by atoms with van der Waals surface area (Å²) in [5.41, 5.74) is 3.57. The van der Waals surface area contributed by atoms with E-state index in [4.69, 9.17) is 0 Å². The fourth-order valence-electron chi connectivity index (χ4n) is 8.07. The minimum atomic E-state index is 0.266. The normalized spacial score (nSPS) is 47.1. The molecule has 2 nitrogen and oxygen atoms in total. The van der Waals surface area contributed by atoms with E-state index >= 15 is 0 Å². The molecule has 25 heavy (non-hydrogen) atoms. The van der Waals surface area contributed by atoms with Gasteiger partial charge in [0.25, 0.3) is 0 Å². The van der Waals surface area contributed by atoms with E-state index in [0.717, 1.165) is 37.1 Å². The van der Waals surface area contributed by atoms with Crippen molar-refractivity contribution in [2.75, 3.05) is 6.54 Å². The molecule has 3 unspecified atom stereocenters. The first-order valence-electron chi connectivity index (χ1n) is 10.5. The first kappa shape index (κ1) is 14.8. The van der Waals surface area contributed by atoms with E-state index in [1.165, 1.54) is 43.2 Å². The van der Waals surface area contributed by atoms with Crippen molar-refractivity contribution in [1.82, 2.24) is 4.90 Å². The number of aryl methyl sites for hydroxylation is 1. The molecule has 1 heterocycles. The summed E-state index contributed by atoms with van der Waals surface area (Å²) in [4.78, 5) is 15.8. The average Bonchev–Trinajstić information content (AvgIpc) is 2.90. The number of nitrogens with zero attached hydrogens (tertiary/aromatic N) is 1. The van der Waals surface area contributed by atoms with Crippen LogP contribution < -0.4 is 0 Å². The van der Waals surface area contributed by atoms with Crippen molar-refractivity contribution in [2.45, 2.75) is 63.8 Å². The second-order valence-electron chi connectivity index (χ2n) is 10.2. The Morgan fingerprint density at radius 2 is 1.80 bits per heavy atom. The summed E-state index contributed by atoms with van der Waals surface area (Å²) in [6.07, 6.45) is 9.16. The Balaban J connectivity index is 1.33. The van der Waals surface area contributed by atoms with Crippen LogP contribution >= 0.6 is 0 Å². The highest BCUT2D eigenvalue weighted by Gasteiger charge is 2.57. The predicted molar refractivity (Wildman–Crippen MR) is 98.2 cm³/mol. The van der Waals surface area contributed by atoms with Crippen molar-refractivity contribution >= 4 is 5.91 Å². The van der Waals surface area contributed by atoms with Gasteiger partial charge in [0, 0.05) is 24.4 Å². The molecule has 4 bridgehead atoms. The Hall–Kier alpha value is -1.31. The topological polar surface area (TPSA) is 20.3 Å². The standard InChI is InChI=1S/C23H29NO/c1-23-10-14-8-16(11-23)21(17(9-14)12-23)24-13-20-18-5-3-2-4-15(18)6-7-19(20)22(24)25/h2-5,14,16-17,19-21H,6-13H2,1H3/t14?,16-,17+,19-,20+,21?,23?/m1/s1. The zero-order chi connectivity index (χ0) is 16.8. The molecule has 6 aliphatic rings. The monoisotopic (exact) mass is 335 g/mol. The zero-order valence-electron chi connectivity index (χ0n) is 15.3. The van der Waals surface area contributed by atoms with Gasteiger partial charge >= 0.3 is 0 Å². The quantitative estimate of drug-likeness (QED) is 0.745. The molecule has 5 fully saturated rings. The first-order valence-corrected chi connectivity index (χ1v) is 10.5. The highest BCUT2D eigenvalue weighted by Crippen LogP contribution is 2.61. The molecule has 0 spiro atoms. The molecule has 1 aliphatic heterocycles. The fourth-order valence-corrected chi connectivity index (χ4v) is 8.07. The van der Waals surface area contributed by atoms with Crippen molar-refractivity contribution in [3.05, 3.63) is 35.4 Å². The molecule has 1 saturated heterocycles. The summed E-state index contributed by atoms with van der Waals surface area (Å²) >= 11 is 0. The molecule has 0 radical (unpaired) electrons. The number of amides is 1. The summed E-state index contributed by atoms with van der Waals surface area (Å²) < 4.78 is 0. The third kappa shape index (κ3) is 2.00. The number of carbonyl (C=O) groups is 1. The summed E-state index contributed by atoms with van der Waals surface area (Å²) in [7, 11) is 0. The summed E-state index contributed by atoms with van der Waals surface area (Å²) in [6.45, 7) is 3.52. The van der Waals surface area contributed by atoms with Gasteiger partial charge in [-0.15, -0.1) is 0 Å². The van der Waals surface area contributed by atoms with Crippen LogP contribution in [0.15, 0.2) is 24.3 Å².